The van der Waals surface area contributed by atoms with E-state index in [1.54, 1.807) is 37.3 Å². The smallest absolute Gasteiger partial charge is 0.255 e. The number of rotatable bonds is 4. The van der Waals surface area contributed by atoms with Crippen molar-refractivity contribution in [3.8, 4) is 11.3 Å². The molecule has 104 valence electrons. The fourth-order valence-electron chi connectivity index (χ4n) is 1.79. The molecule has 0 atom stereocenters. The van der Waals surface area contributed by atoms with Gasteiger partial charge in [0.1, 0.15) is 11.5 Å². The molecule has 3 nitrogen and oxygen atoms in total. The number of benzene rings is 1. The normalized spacial score (nSPS) is 10.3. The third-order valence-electron chi connectivity index (χ3n) is 2.77. The highest BCUT2D eigenvalue weighted by Crippen LogP contribution is 2.32. The summed E-state index contributed by atoms with van der Waals surface area (Å²) < 4.78 is 5.61. The molecule has 0 saturated carbocycles. The number of hydrogen-bond acceptors (Lipinski definition) is 2. The van der Waals surface area contributed by atoms with Crippen molar-refractivity contribution in [2.75, 3.05) is 6.54 Å². The van der Waals surface area contributed by atoms with Crippen molar-refractivity contribution < 1.29 is 9.21 Å². The second-order valence-electron chi connectivity index (χ2n) is 4.20. The Hall–Kier alpha value is -1.71. The predicted octanol–water partition coefficient (Wildman–Crippen LogP) is 4.48. The monoisotopic (exact) mass is 309 g/mol. The summed E-state index contributed by atoms with van der Waals surface area (Å²) >= 11 is 12.0. The van der Waals surface area contributed by atoms with E-state index >= 15 is 0 Å². The van der Waals surface area contributed by atoms with Gasteiger partial charge in [0, 0.05) is 17.1 Å². The Morgan fingerprint density at radius 2 is 2.15 bits per heavy atom. The van der Waals surface area contributed by atoms with E-state index in [4.69, 9.17) is 27.6 Å². The molecular weight excluding hydrogens is 297 g/mol. The van der Waals surface area contributed by atoms with Crippen molar-refractivity contribution in [2.24, 2.45) is 0 Å². The second kappa shape index (κ2) is 6.16. The molecule has 0 saturated heterocycles. The highest BCUT2D eigenvalue weighted by molar-refractivity contribution is 6.36. The van der Waals surface area contributed by atoms with Crippen LogP contribution in [-0.2, 0) is 0 Å². The molecule has 2 aromatic rings. The largest absolute Gasteiger partial charge is 0.460 e. The SMILES string of the molecule is C=CCNC(=O)c1cc(-c2ccc(Cl)cc2Cl)oc1C. The quantitative estimate of drug-likeness (QED) is 0.846. The number of aryl methyl sites for hydroxylation is 1. The molecule has 2 rings (SSSR count). The van der Waals surface area contributed by atoms with Gasteiger partial charge >= 0.3 is 0 Å². The van der Waals surface area contributed by atoms with Crippen molar-refractivity contribution in [1.82, 2.24) is 5.32 Å². The summed E-state index contributed by atoms with van der Waals surface area (Å²) in [7, 11) is 0. The van der Waals surface area contributed by atoms with E-state index in [0.717, 1.165) is 0 Å². The number of carbonyl (C=O) groups excluding carboxylic acids is 1. The summed E-state index contributed by atoms with van der Waals surface area (Å²) in [5, 5.41) is 3.73. The molecule has 0 fully saturated rings. The number of hydrogen-bond donors (Lipinski definition) is 1. The van der Waals surface area contributed by atoms with Gasteiger partial charge in [-0.15, -0.1) is 6.58 Å². The average molecular weight is 310 g/mol. The Morgan fingerprint density at radius 1 is 1.40 bits per heavy atom. The van der Waals surface area contributed by atoms with Gasteiger partial charge in [-0.3, -0.25) is 4.79 Å². The van der Waals surface area contributed by atoms with E-state index < -0.39 is 0 Å². The van der Waals surface area contributed by atoms with Gasteiger partial charge in [-0.2, -0.15) is 0 Å². The van der Waals surface area contributed by atoms with E-state index in [1.165, 1.54) is 0 Å². The summed E-state index contributed by atoms with van der Waals surface area (Å²) in [5.41, 5.74) is 1.18. The molecule has 1 heterocycles. The molecule has 1 aromatic heterocycles. The van der Waals surface area contributed by atoms with Gasteiger partial charge in [-0.1, -0.05) is 29.3 Å². The average Bonchev–Trinajstić information content (AvgIpc) is 2.78. The van der Waals surface area contributed by atoms with Crippen LogP contribution in [-0.4, -0.2) is 12.5 Å². The Morgan fingerprint density at radius 3 is 2.80 bits per heavy atom. The van der Waals surface area contributed by atoms with Crippen LogP contribution in [0.1, 0.15) is 16.1 Å². The molecule has 0 unspecified atom stereocenters. The molecule has 0 aliphatic rings. The standard InChI is InChI=1S/C15H13Cl2NO2/c1-3-6-18-15(19)12-8-14(20-9(12)2)11-5-4-10(16)7-13(11)17/h3-5,7-8H,1,6H2,2H3,(H,18,19). The van der Waals surface area contributed by atoms with Gasteiger partial charge in [-0.05, 0) is 31.2 Å². The molecule has 1 N–H and O–H groups in total. The molecular formula is C15H13Cl2NO2. The van der Waals surface area contributed by atoms with Crippen LogP contribution < -0.4 is 5.32 Å². The van der Waals surface area contributed by atoms with E-state index in [2.05, 4.69) is 11.9 Å². The van der Waals surface area contributed by atoms with Crippen LogP contribution in [0.3, 0.4) is 0 Å². The first-order valence-corrected chi connectivity index (χ1v) is 6.73. The van der Waals surface area contributed by atoms with E-state index in [9.17, 15) is 4.79 Å². The lowest BCUT2D eigenvalue weighted by Gasteiger charge is -2.00. The number of furan rings is 1. The zero-order chi connectivity index (χ0) is 14.7. The van der Waals surface area contributed by atoms with Gasteiger partial charge in [0.2, 0.25) is 0 Å². The Labute approximate surface area is 127 Å². The van der Waals surface area contributed by atoms with E-state index in [0.29, 0.717) is 39.2 Å². The first kappa shape index (κ1) is 14.7. The van der Waals surface area contributed by atoms with E-state index in [1.807, 2.05) is 0 Å². The Bertz CT molecular complexity index is 662. The minimum absolute atomic E-state index is 0.206. The summed E-state index contributed by atoms with van der Waals surface area (Å²) in [6, 6.07) is 6.78. The molecule has 1 amide bonds. The summed E-state index contributed by atoms with van der Waals surface area (Å²) in [5.74, 6) is 0.864. The summed E-state index contributed by atoms with van der Waals surface area (Å²) in [6.07, 6.45) is 1.62. The topological polar surface area (TPSA) is 42.2 Å². The van der Waals surface area contributed by atoms with Gasteiger partial charge < -0.3 is 9.73 Å². The minimum atomic E-state index is -0.206. The van der Waals surface area contributed by atoms with Gasteiger partial charge in [0.25, 0.3) is 5.91 Å². The lowest BCUT2D eigenvalue weighted by molar-refractivity contribution is 0.0956. The van der Waals surface area contributed by atoms with Crippen molar-refractivity contribution in [3.05, 3.63) is 58.3 Å². The number of amides is 1. The maximum absolute atomic E-state index is 11.9. The van der Waals surface area contributed by atoms with Crippen LogP contribution in [0, 0.1) is 6.92 Å². The third kappa shape index (κ3) is 3.06. The van der Waals surface area contributed by atoms with Gasteiger partial charge in [-0.25, -0.2) is 0 Å². The van der Waals surface area contributed by atoms with Crippen molar-refractivity contribution in [2.45, 2.75) is 6.92 Å². The summed E-state index contributed by atoms with van der Waals surface area (Å²) in [4.78, 5) is 11.9. The maximum atomic E-state index is 11.9. The molecule has 0 bridgehead atoms. The Kier molecular flexibility index (Phi) is 4.53. The number of halogens is 2. The number of nitrogens with one attached hydrogen (secondary N) is 1. The zero-order valence-corrected chi connectivity index (χ0v) is 12.4. The van der Waals surface area contributed by atoms with Crippen molar-refractivity contribution >= 4 is 29.1 Å². The summed E-state index contributed by atoms with van der Waals surface area (Å²) in [6.45, 7) is 5.69. The van der Waals surface area contributed by atoms with Crippen LogP contribution in [0.4, 0.5) is 0 Å². The maximum Gasteiger partial charge on any atom is 0.255 e. The van der Waals surface area contributed by atoms with Crippen molar-refractivity contribution in [3.63, 3.8) is 0 Å². The third-order valence-corrected chi connectivity index (χ3v) is 3.31. The molecule has 5 heteroatoms. The lowest BCUT2D eigenvalue weighted by Crippen LogP contribution is -2.23. The number of carbonyl (C=O) groups is 1. The Balaban J connectivity index is 2.35. The molecule has 0 radical (unpaired) electrons. The van der Waals surface area contributed by atoms with Crippen molar-refractivity contribution in [1.29, 1.82) is 0 Å². The highest BCUT2D eigenvalue weighted by Gasteiger charge is 2.16. The lowest BCUT2D eigenvalue weighted by atomic mass is 10.1. The molecule has 0 spiro atoms. The second-order valence-corrected chi connectivity index (χ2v) is 5.05. The zero-order valence-electron chi connectivity index (χ0n) is 10.9. The fourth-order valence-corrected chi connectivity index (χ4v) is 2.29. The van der Waals surface area contributed by atoms with Crippen LogP contribution in [0.25, 0.3) is 11.3 Å². The van der Waals surface area contributed by atoms with Crippen LogP contribution in [0.5, 0.6) is 0 Å². The molecule has 1 aromatic carbocycles. The molecule has 20 heavy (non-hydrogen) atoms. The molecule has 0 aliphatic heterocycles. The van der Waals surface area contributed by atoms with Crippen LogP contribution in [0.2, 0.25) is 10.0 Å². The minimum Gasteiger partial charge on any atom is -0.460 e. The first-order valence-electron chi connectivity index (χ1n) is 5.98. The predicted molar refractivity (Wildman–Crippen MR) is 81.4 cm³/mol. The van der Waals surface area contributed by atoms with Gasteiger partial charge in [0.15, 0.2) is 0 Å². The first-order chi connectivity index (χ1) is 9.52. The fraction of sp³-hybridized carbons (Fsp3) is 0.133. The highest BCUT2D eigenvalue weighted by atomic mass is 35.5. The molecule has 0 aliphatic carbocycles. The van der Waals surface area contributed by atoms with Gasteiger partial charge in [0.05, 0.1) is 10.6 Å². The van der Waals surface area contributed by atoms with Crippen LogP contribution in [0.15, 0.2) is 41.3 Å². The van der Waals surface area contributed by atoms with E-state index in [-0.39, 0.29) is 5.91 Å². The van der Waals surface area contributed by atoms with Crippen LogP contribution >= 0.6 is 23.2 Å².